The summed E-state index contributed by atoms with van der Waals surface area (Å²) < 4.78 is 13.8. The minimum absolute atomic E-state index is 0.0186. The molecule has 0 aromatic rings. The Morgan fingerprint density at radius 2 is 1.45 bits per heavy atom. The van der Waals surface area contributed by atoms with Crippen LogP contribution in [0.15, 0.2) is 0 Å². The van der Waals surface area contributed by atoms with E-state index in [1.54, 1.807) is 13.8 Å². The summed E-state index contributed by atoms with van der Waals surface area (Å²) in [7, 11) is 0. The normalized spacial score (nSPS) is 14.2. The topological polar surface area (TPSA) is 102 Å². The Hall–Kier alpha value is -1.34. The maximum Gasteiger partial charge on any atom is 0.508 e. The summed E-state index contributed by atoms with van der Waals surface area (Å²) in [5.74, 6) is -0.356. The fraction of sp³-hybridized carbons (Fsp3) is 0.846. The van der Waals surface area contributed by atoms with E-state index in [1.165, 1.54) is 13.8 Å². The van der Waals surface area contributed by atoms with Crippen LogP contribution in [0.5, 0.6) is 0 Å². The Morgan fingerprint density at radius 3 is 1.75 bits per heavy atom. The largest absolute Gasteiger partial charge is 0.508 e. The van der Waals surface area contributed by atoms with Crippen LogP contribution in [0.3, 0.4) is 0 Å². The number of aliphatic hydroxyl groups is 2. The molecule has 120 valence electrons. The molecule has 0 fully saturated rings. The summed E-state index contributed by atoms with van der Waals surface area (Å²) in [5, 5.41) is 17.3. The molecule has 0 aliphatic carbocycles. The second-order valence-electron chi connectivity index (χ2n) is 4.40. The lowest BCUT2D eigenvalue weighted by Gasteiger charge is -2.11. The van der Waals surface area contributed by atoms with Crippen molar-refractivity contribution in [3.05, 3.63) is 0 Å². The van der Waals surface area contributed by atoms with E-state index in [9.17, 15) is 9.59 Å². The molecule has 0 saturated carbocycles. The van der Waals surface area contributed by atoms with E-state index in [0.29, 0.717) is 0 Å². The lowest BCUT2D eigenvalue weighted by molar-refractivity contribution is -0.143. The summed E-state index contributed by atoms with van der Waals surface area (Å²) in [6.07, 6.45) is -1.30. The van der Waals surface area contributed by atoms with Gasteiger partial charge in [0, 0.05) is 6.92 Å². The average molecular weight is 294 g/mol. The number of rotatable bonds is 6. The quantitative estimate of drug-likeness (QED) is 0.711. The molecule has 0 bridgehead atoms. The highest BCUT2D eigenvalue weighted by molar-refractivity contribution is 5.65. The van der Waals surface area contributed by atoms with Crippen LogP contribution in [0, 0.1) is 0 Å². The first kappa shape index (κ1) is 21.0. The van der Waals surface area contributed by atoms with Gasteiger partial charge in [-0.3, -0.25) is 4.79 Å². The molecule has 2 N–H and O–H groups in total. The third-order valence-corrected chi connectivity index (χ3v) is 1.84. The standard InChI is InChI=1S/C8H16O4.C5H10O3/c1-4-7(3)12-8(10)11-5-6(2)9;1-4(6)3-8-5(2)7/h6-7,9H,4-5H2,1-3H3;4,6H,3H2,1-2H3. The smallest absolute Gasteiger partial charge is 0.463 e. The van der Waals surface area contributed by atoms with Crippen molar-refractivity contribution >= 4 is 12.1 Å². The maximum absolute atomic E-state index is 10.8. The van der Waals surface area contributed by atoms with Crippen LogP contribution in [-0.4, -0.2) is 53.9 Å². The molecule has 0 aromatic heterocycles. The van der Waals surface area contributed by atoms with Gasteiger partial charge in [0.05, 0.1) is 12.2 Å². The van der Waals surface area contributed by atoms with E-state index in [2.05, 4.69) is 9.47 Å². The van der Waals surface area contributed by atoms with E-state index in [-0.39, 0.29) is 25.3 Å². The molecule has 20 heavy (non-hydrogen) atoms. The number of aliphatic hydroxyl groups excluding tert-OH is 2. The van der Waals surface area contributed by atoms with Crippen molar-refractivity contribution in [1.29, 1.82) is 0 Å². The molecule has 0 radical (unpaired) electrons. The molecule has 0 aromatic carbocycles. The first-order valence-electron chi connectivity index (χ1n) is 6.51. The number of esters is 1. The Bertz CT molecular complexity index is 263. The molecule has 3 unspecified atom stereocenters. The van der Waals surface area contributed by atoms with Gasteiger partial charge in [-0.15, -0.1) is 0 Å². The number of carbonyl (C=O) groups excluding carboxylic acids is 2. The molecule has 0 aliphatic heterocycles. The van der Waals surface area contributed by atoms with Gasteiger partial charge >= 0.3 is 12.1 Å². The third-order valence-electron chi connectivity index (χ3n) is 1.84. The van der Waals surface area contributed by atoms with Crippen LogP contribution >= 0.6 is 0 Å². The maximum atomic E-state index is 10.8. The van der Waals surface area contributed by atoms with Crippen molar-refractivity contribution in [2.75, 3.05) is 13.2 Å². The second kappa shape index (κ2) is 12.7. The molecule has 0 aliphatic rings. The van der Waals surface area contributed by atoms with Crippen LogP contribution in [0.4, 0.5) is 4.79 Å². The lowest BCUT2D eigenvalue weighted by atomic mass is 10.3. The van der Waals surface area contributed by atoms with Crippen molar-refractivity contribution in [3.8, 4) is 0 Å². The van der Waals surface area contributed by atoms with Crippen molar-refractivity contribution in [3.63, 3.8) is 0 Å². The first-order chi connectivity index (χ1) is 9.18. The van der Waals surface area contributed by atoms with Crippen LogP contribution in [0.25, 0.3) is 0 Å². The Morgan fingerprint density at radius 1 is 1.00 bits per heavy atom. The Kier molecular flexibility index (Phi) is 13.3. The zero-order chi connectivity index (χ0) is 16.1. The fourth-order valence-electron chi connectivity index (χ4n) is 0.708. The minimum Gasteiger partial charge on any atom is -0.463 e. The van der Waals surface area contributed by atoms with Crippen LogP contribution in [0.1, 0.15) is 41.0 Å². The van der Waals surface area contributed by atoms with Crippen molar-refractivity contribution < 1.29 is 34.0 Å². The Labute approximate surface area is 119 Å². The monoisotopic (exact) mass is 294 g/mol. The SMILES string of the molecule is CC(=O)OCC(C)O.CCC(C)OC(=O)OCC(C)O. The van der Waals surface area contributed by atoms with Gasteiger partial charge in [0.2, 0.25) is 0 Å². The van der Waals surface area contributed by atoms with Crippen LogP contribution in [-0.2, 0) is 19.0 Å². The van der Waals surface area contributed by atoms with Gasteiger partial charge < -0.3 is 24.4 Å². The van der Waals surface area contributed by atoms with Gasteiger partial charge in [-0.2, -0.15) is 0 Å². The van der Waals surface area contributed by atoms with E-state index in [0.717, 1.165) is 6.42 Å². The predicted molar refractivity (Wildman–Crippen MR) is 72.2 cm³/mol. The summed E-state index contributed by atoms with van der Waals surface area (Å²) >= 11 is 0. The molecule has 0 saturated heterocycles. The van der Waals surface area contributed by atoms with Gasteiger partial charge in [-0.05, 0) is 27.2 Å². The summed E-state index contributed by atoms with van der Waals surface area (Å²) in [5.41, 5.74) is 0. The van der Waals surface area contributed by atoms with Gasteiger partial charge in [0.25, 0.3) is 0 Å². The molecular weight excluding hydrogens is 268 g/mol. The van der Waals surface area contributed by atoms with Crippen LogP contribution in [0.2, 0.25) is 0 Å². The summed E-state index contributed by atoms with van der Waals surface area (Å²) in [6, 6.07) is 0. The first-order valence-corrected chi connectivity index (χ1v) is 6.51. The zero-order valence-corrected chi connectivity index (χ0v) is 12.8. The van der Waals surface area contributed by atoms with Gasteiger partial charge in [0.1, 0.15) is 19.3 Å². The van der Waals surface area contributed by atoms with Crippen molar-refractivity contribution in [2.24, 2.45) is 0 Å². The summed E-state index contributed by atoms with van der Waals surface area (Å²) in [4.78, 5) is 20.8. The lowest BCUT2D eigenvalue weighted by Crippen LogP contribution is -2.19. The van der Waals surface area contributed by atoms with E-state index in [1.807, 2.05) is 6.92 Å². The average Bonchev–Trinajstić information content (AvgIpc) is 2.34. The van der Waals surface area contributed by atoms with E-state index in [4.69, 9.17) is 14.9 Å². The molecule has 3 atom stereocenters. The van der Waals surface area contributed by atoms with Gasteiger partial charge in [0.15, 0.2) is 0 Å². The molecule has 7 heteroatoms. The molecule has 0 amide bonds. The van der Waals surface area contributed by atoms with E-state index < -0.39 is 18.4 Å². The van der Waals surface area contributed by atoms with Gasteiger partial charge in [-0.1, -0.05) is 6.92 Å². The number of carbonyl (C=O) groups is 2. The molecule has 0 heterocycles. The Balaban J connectivity index is 0. The zero-order valence-electron chi connectivity index (χ0n) is 12.8. The molecule has 7 nitrogen and oxygen atoms in total. The second-order valence-corrected chi connectivity index (χ2v) is 4.40. The molecule has 0 rings (SSSR count). The highest BCUT2D eigenvalue weighted by Gasteiger charge is 2.09. The summed E-state index contributed by atoms with van der Waals surface area (Å²) in [6.45, 7) is 8.17. The predicted octanol–water partition coefficient (Wildman–Crippen LogP) is 1.25. The number of hydrogen-bond donors (Lipinski definition) is 2. The van der Waals surface area contributed by atoms with Crippen molar-refractivity contribution in [2.45, 2.75) is 59.4 Å². The highest BCUT2D eigenvalue weighted by atomic mass is 16.7. The fourth-order valence-corrected chi connectivity index (χ4v) is 0.708. The minimum atomic E-state index is -0.717. The van der Waals surface area contributed by atoms with Crippen molar-refractivity contribution in [1.82, 2.24) is 0 Å². The van der Waals surface area contributed by atoms with E-state index >= 15 is 0 Å². The van der Waals surface area contributed by atoms with Crippen LogP contribution < -0.4 is 0 Å². The highest BCUT2D eigenvalue weighted by Crippen LogP contribution is 1.98. The number of ether oxygens (including phenoxy) is 3. The number of hydrogen-bond acceptors (Lipinski definition) is 7. The molecular formula is C13H26O7. The van der Waals surface area contributed by atoms with Gasteiger partial charge in [-0.25, -0.2) is 4.79 Å². The molecule has 0 spiro atoms. The third kappa shape index (κ3) is 19.0.